The van der Waals surface area contributed by atoms with Gasteiger partial charge in [0.2, 0.25) is 0 Å². The molecule has 0 spiro atoms. The van der Waals surface area contributed by atoms with Crippen LogP contribution in [-0.4, -0.2) is 31.9 Å². The smallest absolute Gasteiger partial charge is 0.338 e. The Kier molecular flexibility index (Phi) is 6.53. The first kappa shape index (κ1) is 23.0. The number of benzene rings is 2. The van der Waals surface area contributed by atoms with Crippen LogP contribution in [0.5, 0.6) is 11.5 Å². The number of rotatable bonds is 5. The Morgan fingerprint density at radius 2 is 1.82 bits per heavy atom. The minimum absolute atomic E-state index is 0.254. The van der Waals surface area contributed by atoms with Gasteiger partial charge in [-0.25, -0.2) is 9.79 Å². The summed E-state index contributed by atoms with van der Waals surface area (Å²) in [5.41, 5.74) is 2.11. The molecular weight excluding hydrogens is 508 g/mol. The molecule has 1 aromatic heterocycles. The Bertz CT molecular complexity index is 1440. The molecule has 0 bridgehead atoms. The summed E-state index contributed by atoms with van der Waals surface area (Å²) in [5, 5.41) is 0. The number of methoxy groups -OCH3 is 3. The Hall–Kier alpha value is -3.17. The van der Waals surface area contributed by atoms with Gasteiger partial charge in [-0.3, -0.25) is 9.36 Å². The fraction of sp³-hybridized carbons (Fsp3) is 0.208. The van der Waals surface area contributed by atoms with E-state index in [1.165, 1.54) is 18.4 Å². The van der Waals surface area contributed by atoms with Crippen molar-refractivity contribution in [3.05, 3.63) is 89.0 Å². The predicted molar refractivity (Wildman–Crippen MR) is 129 cm³/mol. The van der Waals surface area contributed by atoms with Gasteiger partial charge in [-0.2, -0.15) is 0 Å². The number of thiazole rings is 1. The van der Waals surface area contributed by atoms with E-state index in [9.17, 15) is 9.59 Å². The van der Waals surface area contributed by atoms with Gasteiger partial charge in [0.05, 0.1) is 47.6 Å². The summed E-state index contributed by atoms with van der Waals surface area (Å²) in [5.74, 6) is 0.667. The van der Waals surface area contributed by atoms with E-state index in [-0.39, 0.29) is 5.56 Å². The summed E-state index contributed by atoms with van der Waals surface area (Å²) in [6.07, 6.45) is 1.76. The van der Waals surface area contributed by atoms with Gasteiger partial charge in [-0.1, -0.05) is 41.7 Å². The fourth-order valence-corrected chi connectivity index (χ4v) is 5.34. The van der Waals surface area contributed by atoms with E-state index in [0.29, 0.717) is 37.7 Å². The molecule has 0 saturated heterocycles. The lowest BCUT2D eigenvalue weighted by Crippen LogP contribution is -2.39. The summed E-state index contributed by atoms with van der Waals surface area (Å²) in [7, 11) is 4.45. The van der Waals surface area contributed by atoms with E-state index in [1.54, 1.807) is 37.9 Å². The molecule has 3 aromatic rings. The van der Waals surface area contributed by atoms with Gasteiger partial charge >= 0.3 is 5.97 Å². The first-order valence-corrected chi connectivity index (χ1v) is 11.6. The topological polar surface area (TPSA) is 79.1 Å². The van der Waals surface area contributed by atoms with Gasteiger partial charge in [0.25, 0.3) is 5.56 Å². The van der Waals surface area contributed by atoms with Crippen molar-refractivity contribution in [3.8, 4) is 11.5 Å². The Morgan fingerprint density at radius 1 is 1.12 bits per heavy atom. The lowest BCUT2D eigenvalue weighted by molar-refractivity contribution is -0.136. The first-order valence-electron chi connectivity index (χ1n) is 9.97. The van der Waals surface area contributed by atoms with Gasteiger partial charge < -0.3 is 14.2 Å². The van der Waals surface area contributed by atoms with Gasteiger partial charge in [0, 0.05) is 11.6 Å². The molecular formula is C24H21BrN2O5S. The second-order valence-electron chi connectivity index (χ2n) is 7.21. The van der Waals surface area contributed by atoms with E-state index in [1.807, 2.05) is 36.4 Å². The zero-order chi connectivity index (χ0) is 23.7. The largest absolute Gasteiger partial charge is 0.496 e. The molecule has 0 unspecified atom stereocenters. The number of esters is 1. The van der Waals surface area contributed by atoms with E-state index >= 15 is 0 Å². The molecule has 33 heavy (non-hydrogen) atoms. The van der Waals surface area contributed by atoms with Gasteiger partial charge in [-0.05, 0) is 40.6 Å². The van der Waals surface area contributed by atoms with Crippen LogP contribution in [0.3, 0.4) is 0 Å². The number of ether oxygens (including phenoxy) is 3. The molecule has 4 rings (SSSR count). The molecule has 9 heteroatoms. The normalized spacial score (nSPS) is 15.7. The standard InChI is InChI=1S/C24H21BrN2O5S/c1-13-20(23(29)32-4)21(14-8-6-5-7-9-14)27-22(28)19(33-24(27)26-13)11-15-10-16(25)18(31-3)12-17(15)30-2/h5-12,21H,1-4H3/b19-11-/t21-/m1/s1. The number of carbonyl (C=O) groups excluding carboxylic acids is 1. The highest BCUT2D eigenvalue weighted by molar-refractivity contribution is 9.10. The van der Waals surface area contributed by atoms with Crippen LogP contribution in [0.25, 0.3) is 6.08 Å². The summed E-state index contributed by atoms with van der Waals surface area (Å²) in [4.78, 5) is 31.3. The minimum Gasteiger partial charge on any atom is -0.496 e. The molecule has 1 aliphatic rings. The maximum Gasteiger partial charge on any atom is 0.338 e. The van der Waals surface area contributed by atoms with Crippen molar-refractivity contribution in [2.24, 2.45) is 4.99 Å². The first-order chi connectivity index (χ1) is 15.9. The van der Waals surface area contributed by atoms with Crippen molar-refractivity contribution in [2.45, 2.75) is 13.0 Å². The van der Waals surface area contributed by atoms with Crippen LogP contribution in [-0.2, 0) is 9.53 Å². The van der Waals surface area contributed by atoms with Gasteiger partial charge in [0.1, 0.15) is 11.5 Å². The van der Waals surface area contributed by atoms with E-state index in [2.05, 4.69) is 20.9 Å². The van der Waals surface area contributed by atoms with Crippen LogP contribution >= 0.6 is 27.3 Å². The van der Waals surface area contributed by atoms with Crippen LogP contribution in [0.15, 0.2) is 68.0 Å². The minimum atomic E-state index is -0.637. The zero-order valence-corrected chi connectivity index (χ0v) is 20.8. The van der Waals surface area contributed by atoms with Crippen LogP contribution in [0.4, 0.5) is 0 Å². The Labute approximate surface area is 202 Å². The van der Waals surface area contributed by atoms with Gasteiger partial charge in [0.15, 0.2) is 4.80 Å². The SMILES string of the molecule is COC(=O)C1=C(C)N=c2s/c(=C\c3cc(Br)c(OC)cc3OC)c(=O)n2[C@@H]1c1ccccc1. The second-order valence-corrected chi connectivity index (χ2v) is 9.08. The van der Waals surface area contributed by atoms with Crippen LogP contribution < -0.4 is 24.4 Å². The quantitative estimate of drug-likeness (QED) is 0.475. The Balaban J connectivity index is 1.97. The summed E-state index contributed by atoms with van der Waals surface area (Å²) in [6.45, 7) is 1.75. The lowest BCUT2D eigenvalue weighted by atomic mass is 9.96. The molecule has 7 nitrogen and oxygen atoms in total. The maximum absolute atomic E-state index is 13.6. The molecule has 0 saturated carbocycles. The number of halogens is 1. The van der Waals surface area contributed by atoms with E-state index in [0.717, 1.165) is 10.0 Å². The molecule has 0 fully saturated rings. The average molecular weight is 529 g/mol. The van der Waals surface area contributed by atoms with Crippen molar-refractivity contribution in [1.29, 1.82) is 0 Å². The Morgan fingerprint density at radius 3 is 2.45 bits per heavy atom. The molecule has 1 atom stereocenters. The van der Waals surface area contributed by atoms with Crippen LogP contribution in [0.1, 0.15) is 24.1 Å². The molecule has 2 heterocycles. The third kappa shape index (κ3) is 4.14. The van der Waals surface area contributed by atoms with Crippen molar-refractivity contribution < 1.29 is 19.0 Å². The molecule has 170 valence electrons. The van der Waals surface area contributed by atoms with E-state index < -0.39 is 12.0 Å². The second kappa shape index (κ2) is 9.36. The molecule has 0 radical (unpaired) electrons. The van der Waals surface area contributed by atoms with Crippen molar-refractivity contribution in [1.82, 2.24) is 4.57 Å². The third-order valence-corrected chi connectivity index (χ3v) is 6.94. The highest BCUT2D eigenvalue weighted by atomic mass is 79.9. The number of aromatic nitrogens is 1. The van der Waals surface area contributed by atoms with Crippen LogP contribution in [0, 0.1) is 0 Å². The lowest BCUT2D eigenvalue weighted by Gasteiger charge is -2.24. The van der Waals surface area contributed by atoms with Crippen molar-refractivity contribution in [3.63, 3.8) is 0 Å². The highest BCUT2D eigenvalue weighted by Crippen LogP contribution is 2.33. The molecule has 0 N–H and O–H groups in total. The van der Waals surface area contributed by atoms with E-state index in [4.69, 9.17) is 14.2 Å². The number of hydrogen-bond acceptors (Lipinski definition) is 7. The highest BCUT2D eigenvalue weighted by Gasteiger charge is 2.32. The predicted octanol–water partition coefficient (Wildman–Crippen LogP) is 3.19. The summed E-state index contributed by atoms with van der Waals surface area (Å²) in [6, 6.07) is 12.3. The van der Waals surface area contributed by atoms with Crippen LogP contribution in [0.2, 0.25) is 0 Å². The van der Waals surface area contributed by atoms with Gasteiger partial charge in [-0.15, -0.1) is 0 Å². The monoisotopic (exact) mass is 528 g/mol. The average Bonchev–Trinajstić information content (AvgIpc) is 3.12. The maximum atomic E-state index is 13.6. The number of hydrogen-bond donors (Lipinski definition) is 0. The number of carbonyl (C=O) groups is 1. The number of fused-ring (bicyclic) bond motifs is 1. The molecule has 0 amide bonds. The molecule has 0 aliphatic carbocycles. The number of allylic oxidation sites excluding steroid dienone is 1. The van der Waals surface area contributed by atoms with Crippen molar-refractivity contribution in [2.75, 3.05) is 21.3 Å². The summed E-state index contributed by atoms with van der Waals surface area (Å²) < 4.78 is 18.6. The number of nitrogens with zero attached hydrogens (tertiary/aromatic N) is 2. The summed E-state index contributed by atoms with van der Waals surface area (Å²) >= 11 is 4.74. The zero-order valence-electron chi connectivity index (χ0n) is 18.4. The molecule has 1 aliphatic heterocycles. The molecule has 2 aromatic carbocycles. The fourth-order valence-electron chi connectivity index (χ4n) is 3.78. The van der Waals surface area contributed by atoms with Crippen molar-refractivity contribution >= 4 is 39.3 Å². The third-order valence-electron chi connectivity index (χ3n) is 5.33.